The molecule has 0 spiro atoms. The Kier molecular flexibility index (Phi) is 6.29. The number of carbonyl (C=O) groups is 1. The molecule has 4 rings (SSSR count). The number of anilines is 1. The molecule has 0 aliphatic heterocycles. The first-order valence-electron chi connectivity index (χ1n) is 10.5. The fourth-order valence-corrected chi connectivity index (χ4v) is 4.44. The Hall–Kier alpha value is -3.89. The van der Waals surface area contributed by atoms with Crippen molar-refractivity contribution in [2.75, 3.05) is 5.32 Å². The molecule has 7 heteroatoms. The van der Waals surface area contributed by atoms with Gasteiger partial charge in [-0.2, -0.15) is 5.26 Å². The molecule has 0 aliphatic rings. The molecular formula is C26H22N4O2S. The second-order valence-corrected chi connectivity index (χ2v) is 8.99. The Balaban J connectivity index is 1.77. The van der Waals surface area contributed by atoms with Crippen LogP contribution in [0.2, 0.25) is 0 Å². The minimum absolute atomic E-state index is 0.181. The molecule has 1 N–H and O–H groups in total. The summed E-state index contributed by atoms with van der Waals surface area (Å²) in [4.78, 5) is 31.2. The number of hydrogen-bond donors (Lipinski definition) is 1. The standard InChI is InChI=1S/C26H22N4O2S/c1-16-9-8-14-23(17(16)2)30-25(32)20-11-5-7-13-22(20)29-26(30)33-18(3)24(31)28-21-12-6-4-10-19(21)15-27/h4-14,18H,1-3H3,(H,28,31). The highest BCUT2D eigenvalue weighted by Gasteiger charge is 2.22. The van der Waals surface area contributed by atoms with E-state index in [1.165, 1.54) is 11.8 Å². The number of carbonyl (C=O) groups excluding carboxylic acids is 1. The number of aryl methyl sites for hydroxylation is 1. The lowest BCUT2D eigenvalue weighted by Crippen LogP contribution is -2.27. The first kappa shape index (κ1) is 22.3. The van der Waals surface area contributed by atoms with Crippen LogP contribution in [-0.2, 0) is 4.79 Å². The quantitative estimate of drug-likeness (QED) is 0.339. The second kappa shape index (κ2) is 9.31. The molecule has 1 unspecified atom stereocenters. The zero-order valence-corrected chi connectivity index (χ0v) is 19.3. The van der Waals surface area contributed by atoms with E-state index in [2.05, 4.69) is 11.4 Å². The van der Waals surface area contributed by atoms with E-state index in [0.717, 1.165) is 16.8 Å². The van der Waals surface area contributed by atoms with E-state index < -0.39 is 5.25 Å². The van der Waals surface area contributed by atoms with Crippen LogP contribution in [0.4, 0.5) is 5.69 Å². The predicted molar refractivity (Wildman–Crippen MR) is 132 cm³/mol. The smallest absolute Gasteiger partial charge is 0.266 e. The van der Waals surface area contributed by atoms with Crippen molar-refractivity contribution in [2.24, 2.45) is 0 Å². The lowest BCUT2D eigenvalue weighted by molar-refractivity contribution is -0.115. The normalized spacial score (nSPS) is 11.7. The average Bonchev–Trinajstić information content (AvgIpc) is 2.82. The van der Waals surface area contributed by atoms with Gasteiger partial charge >= 0.3 is 0 Å². The minimum Gasteiger partial charge on any atom is -0.324 e. The van der Waals surface area contributed by atoms with Gasteiger partial charge in [-0.25, -0.2) is 4.98 Å². The molecular weight excluding hydrogens is 432 g/mol. The summed E-state index contributed by atoms with van der Waals surface area (Å²) in [5, 5.41) is 12.5. The number of nitriles is 1. The van der Waals surface area contributed by atoms with Crippen LogP contribution in [-0.4, -0.2) is 20.7 Å². The molecule has 0 saturated carbocycles. The lowest BCUT2D eigenvalue weighted by Gasteiger charge is -2.18. The summed E-state index contributed by atoms with van der Waals surface area (Å²) in [6.45, 7) is 5.72. The molecule has 1 heterocycles. The Morgan fingerprint density at radius 2 is 1.79 bits per heavy atom. The average molecular weight is 455 g/mol. The third-order valence-corrected chi connectivity index (χ3v) is 6.57. The number of aromatic nitrogens is 2. The molecule has 1 atom stereocenters. The maximum Gasteiger partial charge on any atom is 0.266 e. The van der Waals surface area contributed by atoms with Gasteiger partial charge < -0.3 is 5.32 Å². The van der Waals surface area contributed by atoms with Crippen molar-refractivity contribution in [2.45, 2.75) is 31.2 Å². The summed E-state index contributed by atoms with van der Waals surface area (Å²) >= 11 is 1.21. The van der Waals surface area contributed by atoms with Crippen LogP contribution in [0.25, 0.3) is 16.6 Å². The second-order valence-electron chi connectivity index (χ2n) is 7.68. The molecule has 0 aliphatic carbocycles. The first-order chi connectivity index (χ1) is 15.9. The summed E-state index contributed by atoms with van der Waals surface area (Å²) in [7, 11) is 0. The maximum atomic E-state index is 13.5. The summed E-state index contributed by atoms with van der Waals surface area (Å²) in [6.07, 6.45) is 0. The summed E-state index contributed by atoms with van der Waals surface area (Å²) in [5.41, 5.74) is 4.01. The Morgan fingerprint density at radius 1 is 1.06 bits per heavy atom. The van der Waals surface area contributed by atoms with Crippen molar-refractivity contribution in [3.05, 3.63) is 93.8 Å². The van der Waals surface area contributed by atoms with Gasteiger partial charge in [-0.3, -0.25) is 14.2 Å². The van der Waals surface area contributed by atoms with Crippen LogP contribution in [0.5, 0.6) is 0 Å². The summed E-state index contributed by atoms with van der Waals surface area (Å²) in [6, 6.07) is 21.9. The van der Waals surface area contributed by atoms with Crippen molar-refractivity contribution in [1.29, 1.82) is 5.26 Å². The van der Waals surface area contributed by atoms with Gasteiger partial charge in [-0.05, 0) is 62.2 Å². The maximum absolute atomic E-state index is 13.5. The number of nitrogens with one attached hydrogen (secondary N) is 1. The number of rotatable bonds is 5. The highest BCUT2D eigenvalue weighted by Crippen LogP contribution is 2.28. The highest BCUT2D eigenvalue weighted by atomic mass is 32.2. The lowest BCUT2D eigenvalue weighted by atomic mass is 10.1. The molecule has 164 valence electrons. The van der Waals surface area contributed by atoms with Crippen molar-refractivity contribution >= 4 is 34.3 Å². The number of thioether (sulfide) groups is 1. The largest absolute Gasteiger partial charge is 0.324 e. The van der Waals surface area contributed by atoms with Crippen molar-refractivity contribution in [1.82, 2.24) is 9.55 Å². The van der Waals surface area contributed by atoms with Gasteiger partial charge in [0.2, 0.25) is 5.91 Å². The first-order valence-corrected chi connectivity index (χ1v) is 11.3. The summed E-state index contributed by atoms with van der Waals surface area (Å²) < 4.78 is 1.59. The van der Waals surface area contributed by atoms with Crippen LogP contribution < -0.4 is 10.9 Å². The number of nitrogens with zero attached hydrogens (tertiary/aromatic N) is 3. The van der Waals surface area contributed by atoms with Crippen LogP contribution in [0.1, 0.15) is 23.6 Å². The van der Waals surface area contributed by atoms with Gasteiger partial charge in [-0.1, -0.05) is 48.2 Å². The molecule has 6 nitrogen and oxygen atoms in total. The Bertz CT molecular complexity index is 1470. The molecule has 1 aromatic heterocycles. The number of amides is 1. The molecule has 0 radical (unpaired) electrons. The fourth-order valence-electron chi connectivity index (χ4n) is 3.52. The van der Waals surface area contributed by atoms with Crippen LogP contribution in [0.3, 0.4) is 0 Å². The predicted octanol–water partition coefficient (Wildman–Crippen LogP) is 4.99. The Morgan fingerprint density at radius 3 is 2.58 bits per heavy atom. The van der Waals surface area contributed by atoms with Crippen LogP contribution >= 0.6 is 11.8 Å². The van der Waals surface area contributed by atoms with E-state index in [1.807, 2.05) is 44.2 Å². The summed E-state index contributed by atoms with van der Waals surface area (Å²) in [5.74, 6) is -0.280. The van der Waals surface area contributed by atoms with E-state index in [9.17, 15) is 14.9 Å². The molecule has 33 heavy (non-hydrogen) atoms. The molecule has 3 aromatic carbocycles. The fraction of sp³-hybridized carbons (Fsp3) is 0.154. The number of benzene rings is 3. The number of para-hydroxylation sites is 2. The van der Waals surface area contributed by atoms with Crippen LogP contribution in [0.15, 0.2) is 76.7 Å². The zero-order chi connectivity index (χ0) is 23.5. The van der Waals surface area contributed by atoms with E-state index in [4.69, 9.17) is 4.98 Å². The molecule has 4 aromatic rings. The van der Waals surface area contributed by atoms with Crippen molar-refractivity contribution in [3.63, 3.8) is 0 Å². The third kappa shape index (κ3) is 4.38. The van der Waals surface area contributed by atoms with E-state index in [0.29, 0.717) is 27.3 Å². The van der Waals surface area contributed by atoms with E-state index in [1.54, 1.807) is 47.9 Å². The third-order valence-electron chi connectivity index (χ3n) is 5.52. The van der Waals surface area contributed by atoms with Gasteiger partial charge in [0.05, 0.1) is 33.1 Å². The van der Waals surface area contributed by atoms with Gasteiger partial charge in [-0.15, -0.1) is 0 Å². The van der Waals surface area contributed by atoms with Gasteiger partial charge in [0, 0.05) is 0 Å². The molecule has 1 amide bonds. The van der Waals surface area contributed by atoms with Crippen molar-refractivity contribution in [3.8, 4) is 11.8 Å². The minimum atomic E-state index is -0.568. The molecule has 0 saturated heterocycles. The Labute approximate surface area is 195 Å². The monoisotopic (exact) mass is 454 g/mol. The van der Waals surface area contributed by atoms with Gasteiger partial charge in [0.25, 0.3) is 5.56 Å². The number of hydrogen-bond acceptors (Lipinski definition) is 5. The van der Waals surface area contributed by atoms with E-state index >= 15 is 0 Å². The van der Waals surface area contributed by atoms with Crippen LogP contribution in [0, 0.1) is 25.2 Å². The molecule has 0 fully saturated rings. The zero-order valence-electron chi connectivity index (χ0n) is 18.5. The molecule has 0 bridgehead atoms. The number of fused-ring (bicyclic) bond motifs is 1. The van der Waals surface area contributed by atoms with Crippen molar-refractivity contribution < 1.29 is 4.79 Å². The van der Waals surface area contributed by atoms with Gasteiger partial charge in [0.1, 0.15) is 6.07 Å². The highest BCUT2D eigenvalue weighted by molar-refractivity contribution is 8.00. The van der Waals surface area contributed by atoms with E-state index in [-0.39, 0.29) is 11.5 Å². The SMILES string of the molecule is Cc1cccc(-n2c(SC(C)C(=O)Nc3ccccc3C#N)nc3ccccc3c2=O)c1C. The van der Waals surface area contributed by atoms with Gasteiger partial charge in [0.15, 0.2) is 5.16 Å². The topological polar surface area (TPSA) is 87.8 Å².